The van der Waals surface area contributed by atoms with E-state index in [9.17, 15) is 9.59 Å². The number of carbonyl (C=O) groups is 2. The quantitative estimate of drug-likeness (QED) is 0.609. The van der Waals surface area contributed by atoms with Crippen LogP contribution in [0, 0.1) is 5.92 Å². The van der Waals surface area contributed by atoms with Crippen LogP contribution in [0.15, 0.2) is 0 Å². The summed E-state index contributed by atoms with van der Waals surface area (Å²) in [5.41, 5.74) is 0. The molecule has 2 amide bonds. The number of urea groups is 1. The highest BCUT2D eigenvalue weighted by atomic mass is 16.5. The predicted molar refractivity (Wildman–Crippen MR) is 80.3 cm³/mol. The van der Waals surface area contributed by atoms with Crippen molar-refractivity contribution < 1.29 is 19.4 Å². The van der Waals surface area contributed by atoms with E-state index in [1.165, 1.54) is 0 Å². The molecule has 1 saturated heterocycles. The Balaban J connectivity index is 2.16. The molecule has 0 bridgehead atoms. The maximum atomic E-state index is 11.7. The second-order valence-electron chi connectivity index (χ2n) is 5.69. The largest absolute Gasteiger partial charge is 0.481 e. The van der Waals surface area contributed by atoms with Crippen molar-refractivity contribution in [3.63, 3.8) is 0 Å². The Hall–Kier alpha value is -1.30. The van der Waals surface area contributed by atoms with Gasteiger partial charge in [0, 0.05) is 19.6 Å². The minimum atomic E-state index is -0.751. The Morgan fingerprint density at radius 1 is 1.33 bits per heavy atom. The van der Waals surface area contributed by atoms with Crippen LogP contribution in [0.5, 0.6) is 0 Å². The molecule has 0 aromatic carbocycles. The molecule has 3 N–H and O–H groups in total. The summed E-state index contributed by atoms with van der Waals surface area (Å²) in [5.74, 6) is -0.386. The number of rotatable bonds is 9. The van der Waals surface area contributed by atoms with Gasteiger partial charge in [-0.15, -0.1) is 0 Å². The Kier molecular flexibility index (Phi) is 8.82. The summed E-state index contributed by atoms with van der Waals surface area (Å²) in [6.07, 6.45) is 5.71. The third-order valence-electron chi connectivity index (χ3n) is 3.80. The van der Waals surface area contributed by atoms with Crippen LogP contribution in [-0.4, -0.2) is 42.9 Å². The van der Waals surface area contributed by atoms with Crippen molar-refractivity contribution in [1.29, 1.82) is 0 Å². The molecule has 1 aliphatic rings. The van der Waals surface area contributed by atoms with Gasteiger partial charge in [-0.3, -0.25) is 4.79 Å². The topological polar surface area (TPSA) is 87.7 Å². The van der Waals surface area contributed by atoms with Gasteiger partial charge in [0.2, 0.25) is 0 Å². The number of carbonyl (C=O) groups excluding carboxylic acids is 1. The van der Waals surface area contributed by atoms with Crippen molar-refractivity contribution in [2.75, 3.05) is 19.8 Å². The van der Waals surface area contributed by atoms with E-state index in [4.69, 9.17) is 9.84 Å². The number of nitrogens with one attached hydrogen (secondary N) is 2. The van der Waals surface area contributed by atoms with Gasteiger partial charge in [0.15, 0.2) is 0 Å². The molecule has 1 fully saturated rings. The third kappa shape index (κ3) is 8.55. The van der Waals surface area contributed by atoms with E-state index in [2.05, 4.69) is 17.6 Å². The van der Waals surface area contributed by atoms with Crippen LogP contribution in [0.4, 0.5) is 4.79 Å². The van der Waals surface area contributed by atoms with E-state index in [1.54, 1.807) is 0 Å². The summed E-state index contributed by atoms with van der Waals surface area (Å²) < 4.78 is 5.31. The fraction of sp³-hybridized carbons (Fsp3) is 0.867. The lowest BCUT2D eigenvalue weighted by Crippen LogP contribution is -2.46. The molecule has 0 aliphatic carbocycles. The van der Waals surface area contributed by atoms with Crippen molar-refractivity contribution >= 4 is 12.0 Å². The predicted octanol–water partition coefficient (Wildman–Crippen LogP) is 2.14. The van der Waals surface area contributed by atoms with Gasteiger partial charge in [-0.25, -0.2) is 4.79 Å². The second kappa shape index (κ2) is 10.4. The first-order valence-electron chi connectivity index (χ1n) is 7.95. The number of hydrogen-bond acceptors (Lipinski definition) is 3. The zero-order valence-electron chi connectivity index (χ0n) is 12.9. The van der Waals surface area contributed by atoms with Crippen LogP contribution in [0.25, 0.3) is 0 Å². The molecule has 21 heavy (non-hydrogen) atoms. The van der Waals surface area contributed by atoms with Crippen molar-refractivity contribution in [1.82, 2.24) is 10.6 Å². The van der Waals surface area contributed by atoms with Gasteiger partial charge in [-0.05, 0) is 31.6 Å². The minimum absolute atomic E-state index is 0.109. The number of carboxylic acids is 1. The monoisotopic (exact) mass is 300 g/mol. The average Bonchev–Trinajstić information content (AvgIpc) is 2.45. The number of carboxylic acid groups (broad SMARTS) is 1. The first kappa shape index (κ1) is 17.8. The van der Waals surface area contributed by atoms with Gasteiger partial charge in [0.1, 0.15) is 0 Å². The molecule has 0 aromatic rings. The molecule has 2 unspecified atom stereocenters. The van der Waals surface area contributed by atoms with Gasteiger partial charge in [-0.2, -0.15) is 0 Å². The number of ether oxygens (including phenoxy) is 1. The highest BCUT2D eigenvalue weighted by Gasteiger charge is 2.16. The van der Waals surface area contributed by atoms with E-state index in [-0.39, 0.29) is 18.5 Å². The Morgan fingerprint density at radius 3 is 2.76 bits per heavy atom. The standard InChI is InChI=1S/C15H28N2O4/c1-2-4-12(6-7-14(18)19)8-9-16-15(20)17-13-5-3-10-21-11-13/h12-13H,2-11H2,1H3,(H,18,19)(H2,16,17,20). The fourth-order valence-corrected chi connectivity index (χ4v) is 2.65. The summed E-state index contributed by atoms with van der Waals surface area (Å²) in [4.78, 5) is 22.4. The molecule has 0 radical (unpaired) electrons. The number of hydrogen-bond donors (Lipinski definition) is 3. The third-order valence-corrected chi connectivity index (χ3v) is 3.80. The summed E-state index contributed by atoms with van der Waals surface area (Å²) >= 11 is 0. The molecule has 6 nitrogen and oxygen atoms in total. The Morgan fingerprint density at radius 2 is 2.14 bits per heavy atom. The lowest BCUT2D eigenvalue weighted by Gasteiger charge is -2.23. The van der Waals surface area contributed by atoms with Gasteiger partial charge in [0.05, 0.1) is 12.6 Å². The summed E-state index contributed by atoms with van der Waals surface area (Å²) in [6.45, 7) is 4.05. The second-order valence-corrected chi connectivity index (χ2v) is 5.69. The van der Waals surface area contributed by atoms with Gasteiger partial charge < -0.3 is 20.5 Å². The van der Waals surface area contributed by atoms with E-state index in [0.717, 1.165) is 38.7 Å². The molecule has 1 heterocycles. The molecule has 6 heteroatoms. The van der Waals surface area contributed by atoms with E-state index >= 15 is 0 Å². The van der Waals surface area contributed by atoms with E-state index in [0.29, 0.717) is 25.5 Å². The molecule has 0 aromatic heterocycles. The lowest BCUT2D eigenvalue weighted by atomic mass is 9.94. The summed E-state index contributed by atoms with van der Waals surface area (Å²) in [6, 6.07) is -0.0452. The maximum Gasteiger partial charge on any atom is 0.315 e. The molecular formula is C15H28N2O4. The minimum Gasteiger partial charge on any atom is -0.481 e. The summed E-state index contributed by atoms with van der Waals surface area (Å²) in [5, 5.41) is 14.5. The Bertz CT molecular complexity index is 317. The van der Waals surface area contributed by atoms with Crippen LogP contribution in [0.1, 0.15) is 51.9 Å². The molecule has 1 aliphatic heterocycles. The van der Waals surface area contributed by atoms with Crippen LogP contribution < -0.4 is 10.6 Å². The van der Waals surface area contributed by atoms with Crippen molar-refractivity contribution in [3.8, 4) is 0 Å². The van der Waals surface area contributed by atoms with Crippen molar-refractivity contribution in [2.24, 2.45) is 5.92 Å². The molecule has 122 valence electrons. The van der Waals surface area contributed by atoms with Crippen molar-refractivity contribution in [3.05, 3.63) is 0 Å². The van der Waals surface area contributed by atoms with Gasteiger partial charge >= 0.3 is 12.0 Å². The normalized spacial score (nSPS) is 19.8. The first-order valence-corrected chi connectivity index (χ1v) is 7.95. The molecule has 2 atom stereocenters. The summed E-state index contributed by atoms with van der Waals surface area (Å²) in [7, 11) is 0. The lowest BCUT2D eigenvalue weighted by molar-refractivity contribution is -0.137. The van der Waals surface area contributed by atoms with Gasteiger partial charge in [0.25, 0.3) is 0 Å². The van der Waals surface area contributed by atoms with Crippen LogP contribution in [0.2, 0.25) is 0 Å². The smallest absolute Gasteiger partial charge is 0.315 e. The SMILES string of the molecule is CCCC(CCNC(=O)NC1CCCOC1)CCC(=O)O. The van der Waals surface area contributed by atoms with Crippen LogP contribution in [-0.2, 0) is 9.53 Å². The zero-order chi connectivity index (χ0) is 15.5. The first-order chi connectivity index (χ1) is 10.1. The molecule has 0 spiro atoms. The van der Waals surface area contributed by atoms with E-state index in [1.807, 2.05) is 0 Å². The van der Waals surface area contributed by atoms with Crippen molar-refractivity contribution in [2.45, 2.75) is 57.9 Å². The highest BCUT2D eigenvalue weighted by molar-refractivity contribution is 5.74. The van der Waals surface area contributed by atoms with Crippen LogP contribution >= 0.6 is 0 Å². The number of amides is 2. The number of aliphatic carboxylic acids is 1. The van der Waals surface area contributed by atoms with E-state index < -0.39 is 5.97 Å². The Labute approximate surface area is 126 Å². The molecular weight excluding hydrogens is 272 g/mol. The maximum absolute atomic E-state index is 11.7. The van der Waals surface area contributed by atoms with Gasteiger partial charge in [-0.1, -0.05) is 19.8 Å². The molecule has 0 saturated carbocycles. The molecule has 1 rings (SSSR count). The highest BCUT2D eigenvalue weighted by Crippen LogP contribution is 2.17. The fourth-order valence-electron chi connectivity index (χ4n) is 2.65. The van der Waals surface area contributed by atoms with Crippen LogP contribution in [0.3, 0.4) is 0 Å². The average molecular weight is 300 g/mol. The zero-order valence-corrected chi connectivity index (χ0v) is 12.9.